The van der Waals surface area contributed by atoms with Crippen molar-refractivity contribution in [1.82, 2.24) is 0 Å². The van der Waals surface area contributed by atoms with Gasteiger partial charge in [-0.1, -0.05) is 0 Å². The lowest BCUT2D eigenvalue weighted by atomic mass is 10.1. The van der Waals surface area contributed by atoms with Gasteiger partial charge in [0.1, 0.15) is 0 Å². The lowest BCUT2D eigenvalue weighted by molar-refractivity contribution is -0.00997. The van der Waals surface area contributed by atoms with Crippen LogP contribution in [0.3, 0.4) is 0 Å². The van der Waals surface area contributed by atoms with E-state index in [2.05, 4.69) is 25.2 Å². The van der Waals surface area contributed by atoms with Crippen molar-refractivity contribution >= 4 is 9.52 Å². The Bertz CT molecular complexity index is 131. The Morgan fingerprint density at radius 3 is 2.54 bits per heavy atom. The second kappa shape index (κ2) is 6.54. The first-order valence-electron chi connectivity index (χ1n) is 4.75. The van der Waals surface area contributed by atoms with Crippen molar-refractivity contribution in [3.63, 3.8) is 0 Å². The van der Waals surface area contributed by atoms with Crippen molar-refractivity contribution in [1.29, 1.82) is 0 Å². The van der Waals surface area contributed by atoms with Crippen molar-refractivity contribution < 1.29 is 9.57 Å². The minimum Gasteiger partial charge on any atom is -0.376 e. The minimum atomic E-state index is 0.104. The summed E-state index contributed by atoms with van der Waals surface area (Å²) >= 11 is 0. The Balaban J connectivity index is 3.44. The van der Waals surface area contributed by atoms with Gasteiger partial charge in [-0.2, -0.15) is 0 Å². The molecule has 78 valence electrons. The molecule has 0 aliphatic rings. The standard InChI is InChI=1S/C9H22NO2Si/c1-8(7-12-10)11-6-5-9(2,3)13-4/h8,13H,5-7,10H2,1-4H3/q+1. The van der Waals surface area contributed by atoms with Gasteiger partial charge in [0.2, 0.25) is 0 Å². The maximum Gasteiger partial charge on any atom is 0.301 e. The molecule has 0 spiro atoms. The van der Waals surface area contributed by atoms with Gasteiger partial charge in [-0.15, -0.1) is 0 Å². The SMILES string of the molecule is C[SiH+]C(C)(C)CCOC(C)CON. The molecule has 0 fully saturated rings. The summed E-state index contributed by atoms with van der Waals surface area (Å²) in [5.41, 5.74) is 0. The Labute approximate surface area is 83.8 Å². The monoisotopic (exact) mass is 204 g/mol. The molecule has 0 heterocycles. The van der Waals surface area contributed by atoms with Gasteiger partial charge >= 0.3 is 9.52 Å². The predicted molar refractivity (Wildman–Crippen MR) is 57.2 cm³/mol. The first kappa shape index (κ1) is 13.1. The topological polar surface area (TPSA) is 44.5 Å². The molecule has 0 rings (SSSR count). The van der Waals surface area contributed by atoms with E-state index >= 15 is 0 Å². The lowest BCUT2D eigenvalue weighted by Crippen LogP contribution is -2.21. The van der Waals surface area contributed by atoms with Crippen LogP contribution < -0.4 is 5.90 Å². The minimum absolute atomic E-state index is 0.104. The fourth-order valence-corrected chi connectivity index (χ4v) is 1.26. The van der Waals surface area contributed by atoms with Gasteiger partial charge in [-0.25, -0.2) is 5.90 Å². The Kier molecular flexibility index (Phi) is 6.58. The van der Waals surface area contributed by atoms with Crippen LogP contribution in [0.15, 0.2) is 0 Å². The smallest absolute Gasteiger partial charge is 0.301 e. The van der Waals surface area contributed by atoms with Gasteiger partial charge < -0.3 is 9.57 Å². The van der Waals surface area contributed by atoms with Crippen molar-refractivity contribution in [3.8, 4) is 0 Å². The van der Waals surface area contributed by atoms with Gasteiger partial charge in [0.05, 0.1) is 30.9 Å². The van der Waals surface area contributed by atoms with E-state index < -0.39 is 0 Å². The average molecular weight is 204 g/mol. The molecule has 0 aromatic carbocycles. The van der Waals surface area contributed by atoms with E-state index in [0.717, 1.165) is 13.0 Å². The van der Waals surface area contributed by atoms with Crippen molar-refractivity contribution in [2.45, 2.75) is 44.9 Å². The number of hydrogen-bond donors (Lipinski definition) is 1. The summed E-state index contributed by atoms with van der Waals surface area (Å²) in [5, 5.41) is 0.462. The van der Waals surface area contributed by atoms with Crippen molar-refractivity contribution in [2.75, 3.05) is 13.2 Å². The number of nitrogens with two attached hydrogens (primary N) is 1. The third kappa shape index (κ3) is 7.19. The first-order chi connectivity index (χ1) is 6.02. The Hall–Kier alpha value is 0.0969. The summed E-state index contributed by atoms with van der Waals surface area (Å²) in [4.78, 5) is 4.49. The summed E-state index contributed by atoms with van der Waals surface area (Å²) in [6.07, 6.45) is 1.22. The van der Waals surface area contributed by atoms with Gasteiger partial charge in [0.25, 0.3) is 0 Å². The molecule has 0 aliphatic carbocycles. The van der Waals surface area contributed by atoms with Crippen LogP contribution in [0, 0.1) is 0 Å². The van der Waals surface area contributed by atoms with Gasteiger partial charge in [0.15, 0.2) is 0 Å². The van der Waals surface area contributed by atoms with E-state index in [0.29, 0.717) is 21.2 Å². The molecule has 0 aliphatic heterocycles. The highest BCUT2D eigenvalue weighted by atomic mass is 28.2. The highest BCUT2D eigenvalue weighted by Crippen LogP contribution is 2.26. The molecule has 0 amide bonds. The zero-order valence-corrected chi connectivity index (χ0v) is 10.3. The Morgan fingerprint density at radius 1 is 1.46 bits per heavy atom. The van der Waals surface area contributed by atoms with E-state index in [4.69, 9.17) is 10.6 Å². The molecule has 0 aromatic rings. The maximum absolute atomic E-state index is 5.53. The van der Waals surface area contributed by atoms with Crippen LogP contribution in [0.25, 0.3) is 0 Å². The van der Waals surface area contributed by atoms with Gasteiger partial charge in [-0.3, -0.25) is 0 Å². The number of ether oxygens (including phenoxy) is 1. The molecule has 3 nitrogen and oxygen atoms in total. The largest absolute Gasteiger partial charge is 0.376 e. The summed E-state index contributed by atoms with van der Waals surface area (Å²) < 4.78 is 5.53. The quantitative estimate of drug-likeness (QED) is 0.503. The van der Waals surface area contributed by atoms with Crippen molar-refractivity contribution in [2.24, 2.45) is 5.90 Å². The van der Waals surface area contributed by atoms with E-state index in [1.807, 2.05) is 6.92 Å². The molecule has 0 bridgehead atoms. The van der Waals surface area contributed by atoms with Crippen LogP contribution in [0.4, 0.5) is 0 Å². The van der Waals surface area contributed by atoms with Gasteiger partial charge in [0, 0.05) is 6.42 Å². The summed E-state index contributed by atoms with van der Waals surface area (Å²) in [6.45, 7) is 10.1. The summed E-state index contributed by atoms with van der Waals surface area (Å²) in [5.74, 6) is 4.94. The van der Waals surface area contributed by atoms with Crippen LogP contribution >= 0.6 is 0 Å². The zero-order chi connectivity index (χ0) is 10.3. The lowest BCUT2D eigenvalue weighted by Gasteiger charge is -2.16. The fraction of sp³-hybridized carbons (Fsp3) is 1.00. The van der Waals surface area contributed by atoms with Crippen LogP contribution in [0.5, 0.6) is 0 Å². The van der Waals surface area contributed by atoms with Crippen LogP contribution in [-0.2, 0) is 9.57 Å². The van der Waals surface area contributed by atoms with Crippen LogP contribution in [0.2, 0.25) is 11.6 Å². The molecule has 0 saturated heterocycles. The fourth-order valence-electron chi connectivity index (χ4n) is 0.851. The third-order valence-electron chi connectivity index (χ3n) is 2.26. The highest BCUT2D eigenvalue weighted by Gasteiger charge is 2.25. The summed E-state index contributed by atoms with van der Waals surface area (Å²) in [7, 11) is 0.501. The number of rotatable bonds is 7. The molecule has 0 radical (unpaired) electrons. The normalized spacial score (nSPS) is 14.2. The molecular formula is C9H22NO2Si+. The van der Waals surface area contributed by atoms with Crippen molar-refractivity contribution in [3.05, 3.63) is 0 Å². The first-order valence-corrected chi connectivity index (χ1v) is 6.49. The molecule has 2 N–H and O–H groups in total. The number of hydrogen-bond acceptors (Lipinski definition) is 3. The van der Waals surface area contributed by atoms with Crippen LogP contribution in [-0.4, -0.2) is 28.8 Å². The van der Waals surface area contributed by atoms with E-state index in [1.54, 1.807) is 0 Å². The van der Waals surface area contributed by atoms with E-state index in [1.165, 1.54) is 0 Å². The van der Waals surface area contributed by atoms with Gasteiger partial charge in [-0.05, 0) is 20.8 Å². The molecule has 4 heteroatoms. The molecule has 13 heavy (non-hydrogen) atoms. The third-order valence-corrected chi connectivity index (χ3v) is 4.11. The Morgan fingerprint density at radius 2 is 2.08 bits per heavy atom. The predicted octanol–water partition coefficient (Wildman–Crippen LogP) is 1.35. The molecule has 0 aromatic heterocycles. The highest BCUT2D eigenvalue weighted by molar-refractivity contribution is 6.37. The second-order valence-electron chi connectivity index (χ2n) is 4.04. The summed E-state index contributed by atoms with van der Waals surface area (Å²) in [6, 6.07) is 0. The molecule has 1 unspecified atom stereocenters. The maximum atomic E-state index is 5.53. The van der Waals surface area contributed by atoms with E-state index in [9.17, 15) is 0 Å². The molecular weight excluding hydrogens is 182 g/mol. The second-order valence-corrected chi connectivity index (χ2v) is 6.18. The zero-order valence-electron chi connectivity index (χ0n) is 9.17. The average Bonchev–Trinajstić information content (AvgIpc) is 2.05. The van der Waals surface area contributed by atoms with Crippen LogP contribution in [0.1, 0.15) is 27.2 Å². The van der Waals surface area contributed by atoms with E-state index in [-0.39, 0.29) is 6.10 Å². The molecule has 0 saturated carbocycles. The molecule has 1 atom stereocenters.